The van der Waals surface area contributed by atoms with E-state index in [-0.39, 0.29) is 0 Å². The summed E-state index contributed by atoms with van der Waals surface area (Å²) in [5.41, 5.74) is 0.749. The average Bonchev–Trinajstić information content (AvgIpc) is 2.63. The second-order valence-electron chi connectivity index (χ2n) is 5.37. The Kier molecular flexibility index (Phi) is 2.29. The molecule has 14 heavy (non-hydrogen) atoms. The van der Waals surface area contributed by atoms with E-state index < -0.39 is 0 Å². The molecular weight excluding hydrogens is 174 g/mol. The maximum atomic E-state index is 5.62. The molecule has 2 aliphatic carbocycles. The monoisotopic (exact) mass is 195 g/mol. The first-order valence-corrected chi connectivity index (χ1v) is 6.24. The van der Waals surface area contributed by atoms with Crippen LogP contribution in [0.4, 0.5) is 0 Å². The third kappa shape index (κ3) is 1.59. The lowest BCUT2D eigenvalue weighted by Gasteiger charge is -2.13. The van der Waals surface area contributed by atoms with Crippen LogP contribution < -0.4 is 5.32 Å². The highest BCUT2D eigenvalue weighted by Gasteiger charge is 2.54. The summed E-state index contributed by atoms with van der Waals surface area (Å²) in [5, 5.41) is 3.71. The third-order valence-electron chi connectivity index (χ3n) is 4.40. The van der Waals surface area contributed by atoms with Gasteiger partial charge in [0.25, 0.3) is 0 Å². The zero-order valence-electron chi connectivity index (χ0n) is 8.93. The topological polar surface area (TPSA) is 21.3 Å². The van der Waals surface area contributed by atoms with Gasteiger partial charge in [-0.3, -0.25) is 0 Å². The van der Waals surface area contributed by atoms with Crippen LogP contribution in [0.25, 0.3) is 0 Å². The van der Waals surface area contributed by atoms with Gasteiger partial charge in [0, 0.05) is 19.2 Å². The van der Waals surface area contributed by atoms with E-state index >= 15 is 0 Å². The van der Waals surface area contributed by atoms with Crippen molar-refractivity contribution in [3.8, 4) is 0 Å². The van der Waals surface area contributed by atoms with Gasteiger partial charge >= 0.3 is 0 Å². The molecule has 80 valence electrons. The van der Waals surface area contributed by atoms with Gasteiger partial charge in [0.2, 0.25) is 0 Å². The van der Waals surface area contributed by atoms with Gasteiger partial charge < -0.3 is 10.1 Å². The Morgan fingerprint density at radius 3 is 2.79 bits per heavy atom. The molecule has 1 N–H and O–H groups in total. The fraction of sp³-hybridized carbons (Fsp3) is 1.00. The summed E-state index contributed by atoms with van der Waals surface area (Å²) in [6.45, 7) is 2.09. The van der Waals surface area contributed by atoms with Gasteiger partial charge in [-0.15, -0.1) is 0 Å². The molecule has 0 aromatic heterocycles. The van der Waals surface area contributed by atoms with Gasteiger partial charge in [0.1, 0.15) is 0 Å². The molecule has 1 aliphatic heterocycles. The lowest BCUT2D eigenvalue weighted by molar-refractivity contribution is 0.109. The van der Waals surface area contributed by atoms with Crippen molar-refractivity contribution in [2.45, 2.75) is 57.1 Å². The highest BCUT2D eigenvalue weighted by atomic mass is 16.5. The van der Waals surface area contributed by atoms with E-state index in [1.54, 1.807) is 0 Å². The van der Waals surface area contributed by atoms with Gasteiger partial charge in [-0.2, -0.15) is 0 Å². The van der Waals surface area contributed by atoms with E-state index in [2.05, 4.69) is 5.32 Å². The molecule has 1 spiro atoms. The Hall–Kier alpha value is -0.0800. The van der Waals surface area contributed by atoms with Crippen LogP contribution in [0.5, 0.6) is 0 Å². The second-order valence-corrected chi connectivity index (χ2v) is 5.37. The average molecular weight is 195 g/mol. The van der Waals surface area contributed by atoms with E-state index in [1.165, 1.54) is 44.9 Å². The van der Waals surface area contributed by atoms with E-state index in [0.29, 0.717) is 6.10 Å². The Balaban J connectivity index is 1.42. The van der Waals surface area contributed by atoms with Crippen molar-refractivity contribution in [2.75, 3.05) is 13.2 Å². The molecule has 0 amide bonds. The van der Waals surface area contributed by atoms with Crippen molar-refractivity contribution in [1.82, 2.24) is 5.32 Å². The minimum absolute atomic E-state index is 0.522. The molecule has 3 aliphatic rings. The molecule has 1 heterocycles. The number of hydrogen-bond donors (Lipinski definition) is 1. The van der Waals surface area contributed by atoms with Crippen LogP contribution in [0, 0.1) is 5.41 Å². The largest absolute Gasteiger partial charge is 0.377 e. The van der Waals surface area contributed by atoms with Crippen molar-refractivity contribution >= 4 is 0 Å². The fourth-order valence-corrected chi connectivity index (χ4v) is 3.35. The molecule has 2 heteroatoms. The smallest absolute Gasteiger partial charge is 0.0700 e. The Labute approximate surface area is 86.4 Å². The number of hydrogen-bond acceptors (Lipinski definition) is 2. The SMILES string of the molecule is C1COC(CNC2CC23CCCC3)C1. The van der Waals surface area contributed by atoms with Crippen molar-refractivity contribution in [2.24, 2.45) is 5.41 Å². The Morgan fingerprint density at radius 1 is 1.21 bits per heavy atom. The van der Waals surface area contributed by atoms with Crippen molar-refractivity contribution in [3.63, 3.8) is 0 Å². The third-order valence-corrected chi connectivity index (χ3v) is 4.40. The quantitative estimate of drug-likeness (QED) is 0.744. The Bertz CT molecular complexity index is 204. The van der Waals surface area contributed by atoms with Gasteiger partial charge in [-0.05, 0) is 37.5 Å². The van der Waals surface area contributed by atoms with Gasteiger partial charge in [-0.25, -0.2) is 0 Å². The highest BCUT2D eigenvalue weighted by molar-refractivity contribution is 5.09. The molecule has 2 saturated carbocycles. The first-order valence-electron chi connectivity index (χ1n) is 6.24. The second kappa shape index (κ2) is 3.49. The van der Waals surface area contributed by atoms with Gasteiger partial charge in [0.05, 0.1) is 6.10 Å². The highest BCUT2D eigenvalue weighted by Crippen LogP contribution is 2.57. The van der Waals surface area contributed by atoms with Crippen molar-refractivity contribution < 1.29 is 4.74 Å². The standard InChI is InChI=1S/C12H21NO/c1-2-6-12(5-1)8-11(12)13-9-10-4-3-7-14-10/h10-11,13H,1-9H2. The number of rotatable bonds is 3. The van der Waals surface area contributed by atoms with E-state index in [4.69, 9.17) is 4.74 Å². The summed E-state index contributed by atoms with van der Waals surface area (Å²) in [5.74, 6) is 0. The van der Waals surface area contributed by atoms with E-state index in [1.807, 2.05) is 0 Å². The molecule has 2 unspecified atom stereocenters. The molecule has 0 aromatic rings. The summed E-state index contributed by atoms with van der Waals surface area (Å²) in [7, 11) is 0. The van der Waals surface area contributed by atoms with Gasteiger partial charge in [0.15, 0.2) is 0 Å². The lowest BCUT2D eigenvalue weighted by atomic mass is 10.1. The first kappa shape index (κ1) is 9.17. The molecule has 0 radical (unpaired) electrons. The predicted octanol–water partition coefficient (Wildman–Crippen LogP) is 2.09. The fourth-order valence-electron chi connectivity index (χ4n) is 3.35. The zero-order chi connectivity index (χ0) is 9.43. The normalized spacial score (nSPS) is 39.4. The number of nitrogens with one attached hydrogen (secondary N) is 1. The predicted molar refractivity (Wildman–Crippen MR) is 56.3 cm³/mol. The summed E-state index contributed by atoms with van der Waals surface area (Å²) in [6, 6.07) is 0.842. The van der Waals surface area contributed by atoms with Crippen LogP contribution in [-0.4, -0.2) is 25.3 Å². The molecule has 1 saturated heterocycles. The Morgan fingerprint density at radius 2 is 2.07 bits per heavy atom. The minimum Gasteiger partial charge on any atom is -0.377 e. The van der Waals surface area contributed by atoms with Crippen LogP contribution in [0.2, 0.25) is 0 Å². The lowest BCUT2D eigenvalue weighted by Crippen LogP contribution is -2.30. The summed E-state index contributed by atoms with van der Waals surface area (Å²) in [4.78, 5) is 0. The summed E-state index contributed by atoms with van der Waals surface area (Å²) in [6.07, 6.45) is 10.4. The summed E-state index contributed by atoms with van der Waals surface area (Å²) < 4.78 is 5.62. The molecule has 3 fully saturated rings. The molecule has 2 nitrogen and oxygen atoms in total. The molecule has 0 bridgehead atoms. The van der Waals surface area contributed by atoms with Crippen LogP contribution >= 0.6 is 0 Å². The summed E-state index contributed by atoms with van der Waals surface area (Å²) >= 11 is 0. The zero-order valence-corrected chi connectivity index (χ0v) is 8.93. The van der Waals surface area contributed by atoms with Crippen LogP contribution in [0.15, 0.2) is 0 Å². The van der Waals surface area contributed by atoms with Gasteiger partial charge in [-0.1, -0.05) is 12.8 Å². The number of ether oxygens (including phenoxy) is 1. The van der Waals surface area contributed by atoms with E-state index in [0.717, 1.165) is 24.6 Å². The van der Waals surface area contributed by atoms with Crippen LogP contribution in [-0.2, 0) is 4.74 Å². The van der Waals surface area contributed by atoms with Crippen molar-refractivity contribution in [1.29, 1.82) is 0 Å². The molecule has 0 aromatic carbocycles. The van der Waals surface area contributed by atoms with Crippen LogP contribution in [0.3, 0.4) is 0 Å². The maximum Gasteiger partial charge on any atom is 0.0700 e. The van der Waals surface area contributed by atoms with E-state index in [9.17, 15) is 0 Å². The van der Waals surface area contributed by atoms with Crippen molar-refractivity contribution in [3.05, 3.63) is 0 Å². The molecular formula is C12H21NO. The van der Waals surface area contributed by atoms with Crippen LogP contribution in [0.1, 0.15) is 44.9 Å². The first-order chi connectivity index (χ1) is 6.89. The molecule has 3 rings (SSSR count). The molecule has 2 atom stereocenters. The minimum atomic E-state index is 0.522. The maximum absolute atomic E-state index is 5.62.